The van der Waals surface area contributed by atoms with Gasteiger partial charge in [-0.3, -0.25) is 9.59 Å². The van der Waals surface area contributed by atoms with E-state index in [1.807, 2.05) is 31.3 Å². The van der Waals surface area contributed by atoms with Crippen molar-refractivity contribution >= 4 is 23.2 Å². The number of nitrogens with zero attached hydrogens (tertiary/aromatic N) is 2. The Labute approximate surface area is 202 Å². The standard InChI is InChI=1S/C27H26F3N3O2/c1-18(34)32(2)25-15-16-33(17-25)24-13-11-23(12-14-24)31-26(35)21-5-3-19(4-6-21)20-7-9-22(10-8-20)27(28,29)30/h3-14,25H,15-17H2,1-2H3,(H,31,35). The highest BCUT2D eigenvalue weighted by Crippen LogP contribution is 2.31. The van der Waals surface area contributed by atoms with Gasteiger partial charge in [-0.1, -0.05) is 24.3 Å². The van der Waals surface area contributed by atoms with Crippen LogP contribution in [0.4, 0.5) is 24.5 Å². The van der Waals surface area contributed by atoms with Gasteiger partial charge in [0.15, 0.2) is 0 Å². The fourth-order valence-corrected chi connectivity index (χ4v) is 4.17. The minimum atomic E-state index is -4.37. The molecule has 4 rings (SSSR count). The number of hydrogen-bond acceptors (Lipinski definition) is 3. The zero-order chi connectivity index (χ0) is 25.2. The molecule has 1 unspecified atom stereocenters. The fourth-order valence-electron chi connectivity index (χ4n) is 4.17. The Hall–Kier alpha value is -3.81. The van der Waals surface area contributed by atoms with Gasteiger partial charge in [0, 0.05) is 44.0 Å². The quantitative estimate of drug-likeness (QED) is 0.510. The lowest BCUT2D eigenvalue weighted by atomic mass is 10.0. The number of hydrogen-bond donors (Lipinski definition) is 1. The molecule has 1 saturated heterocycles. The Balaban J connectivity index is 1.36. The minimum absolute atomic E-state index is 0.0577. The number of carbonyl (C=O) groups is 2. The van der Waals surface area contributed by atoms with Crippen LogP contribution in [-0.4, -0.2) is 42.9 Å². The van der Waals surface area contributed by atoms with Crippen molar-refractivity contribution in [3.8, 4) is 11.1 Å². The van der Waals surface area contributed by atoms with Crippen LogP contribution in [0.25, 0.3) is 11.1 Å². The first-order valence-corrected chi connectivity index (χ1v) is 11.3. The van der Waals surface area contributed by atoms with Gasteiger partial charge in [-0.2, -0.15) is 13.2 Å². The summed E-state index contributed by atoms with van der Waals surface area (Å²) in [5.41, 5.74) is 2.79. The predicted molar refractivity (Wildman–Crippen MR) is 130 cm³/mol. The van der Waals surface area contributed by atoms with E-state index >= 15 is 0 Å². The normalized spacial score (nSPS) is 15.7. The third-order valence-electron chi connectivity index (χ3n) is 6.39. The number of benzene rings is 3. The lowest BCUT2D eigenvalue weighted by Crippen LogP contribution is -2.37. The van der Waals surface area contributed by atoms with Crippen LogP contribution in [-0.2, 0) is 11.0 Å². The molecule has 0 saturated carbocycles. The highest BCUT2D eigenvalue weighted by Gasteiger charge is 2.30. The second kappa shape index (κ2) is 9.82. The van der Waals surface area contributed by atoms with E-state index in [-0.39, 0.29) is 17.9 Å². The maximum atomic E-state index is 12.8. The number of rotatable bonds is 5. The van der Waals surface area contributed by atoms with Crippen molar-refractivity contribution in [1.82, 2.24) is 4.90 Å². The average molecular weight is 482 g/mol. The Morgan fingerprint density at radius 1 is 0.914 bits per heavy atom. The van der Waals surface area contributed by atoms with Crippen LogP contribution >= 0.6 is 0 Å². The van der Waals surface area contributed by atoms with Gasteiger partial charge < -0.3 is 15.1 Å². The molecule has 1 N–H and O–H groups in total. The summed E-state index contributed by atoms with van der Waals surface area (Å²) < 4.78 is 38.3. The predicted octanol–water partition coefficient (Wildman–Crippen LogP) is 5.68. The van der Waals surface area contributed by atoms with Crippen LogP contribution in [0.3, 0.4) is 0 Å². The lowest BCUT2D eigenvalue weighted by molar-refractivity contribution is -0.137. The number of carbonyl (C=O) groups excluding carboxylic acids is 2. The summed E-state index contributed by atoms with van der Waals surface area (Å²) in [6.45, 7) is 3.20. The average Bonchev–Trinajstić information content (AvgIpc) is 3.34. The number of amides is 2. The molecule has 1 atom stereocenters. The van der Waals surface area contributed by atoms with Gasteiger partial charge in [-0.05, 0) is 66.1 Å². The number of anilines is 2. The second-order valence-corrected chi connectivity index (χ2v) is 8.67. The van der Waals surface area contributed by atoms with Crippen LogP contribution in [0.15, 0.2) is 72.8 Å². The summed E-state index contributed by atoms with van der Waals surface area (Å²) in [4.78, 5) is 28.3. The van der Waals surface area contributed by atoms with Gasteiger partial charge in [0.25, 0.3) is 5.91 Å². The van der Waals surface area contributed by atoms with Crippen LogP contribution in [0.1, 0.15) is 29.3 Å². The summed E-state index contributed by atoms with van der Waals surface area (Å²) in [7, 11) is 1.82. The monoisotopic (exact) mass is 481 g/mol. The van der Waals surface area contributed by atoms with Crippen LogP contribution in [0, 0.1) is 0 Å². The Morgan fingerprint density at radius 2 is 1.49 bits per heavy atom. The van der Waals surface area contributed by atoms with E-state index in [9.17, 15) is 22.8 Å². The molecule has 0 aliphatic carbocycles. The first-order valence-electron chi connectivity index (χ1n) is 11.3. The van der Waals surface area contributed by atoms with Crippen molar-refractivity contribution in [2.45, 2.75) is 25.6 Å². The number of halogens is 3. The van der Waals surface area contributed by atoms with E-state index in [2.05, 4.69) is 10.2 Å². The van der Waals surface area contributed by atoms with E-state index in [1.165, 1.54) is 12.1 Å². The van der Waals surface area contributed by atoms with Crippen molar-refractivity contribution in [2.24, 2.45) is 0 Å². The molecule has 1 aliphatic rings. The van der Waals surface area contributed by atoms with E-state index in [0.29, 0.717) is 16.8 Å². The highest BCUT2D eigenvalue weighted by molar-refractivity contribution is 6.04. The van der Waals surface area contributed by atoms with Gasteiger partial charge in [0.2, 0.25) is 5.91 Å². The first-order chi connectivity index (χ1) is 16.6. The van der Waals surface area contributed by atoms with Gasteiger partial charge in [-0.15, -0.1) is 0 Å². The van der Waals surface area contributed by atoms with Crippen molar-refractivity contribution in [1.29, 1.82) is 0 Å². The third-order valence-corrected chi connectivity index (χ3v) is 6.39. The molecule has 182 valence electrons. The zero-order valence-corrected chi connectivity index (χ0v) is 19.5. The Morgan fingerprint density at radius 3 is 2.03 bits per heavy atom. The van der Waals surface area contributed by atoms with Crippen molar-refractivity contribution in [2.75, 3.05) is 30.4 Å². The molecule has 8 heteroatoms. The topological polar surface area (TPSA) is 52.7 Å². The van der Waals surface area contributed by atoms with Crippen molar-refractivity contribution in [3.05, 3.63) is 83.9 Å². The maximum Gasteiger partial charge on any atom is 0.416 e. The number of nitrogens with one attached hydrogen (secondary N) is 1. The van der Waals surface area contributed by atoms with E-state index in [1.54, 1.807) is 36.1 Å². The van der Waals surface area contributed by atoms with Gasteiger partial charge >= 0.3 is 6.18 Å². The van der Waals surface area contributed by atoms with Crippen LogP contribution < -0.4 is 10.2 Å². The second-order valence-electron chi connectivity index (χ2n) is 8.67. The minimum Gasteiger partial charge on any atom is -0.369 e. The summed E-state index contributed by atoms with van der Waals surface area (Å²) >= 11 is 0. The number of alkyl halides is 3. The maximum absolute atomic E-state index is 12.8. The molecule has 3 aromatic rings. The fraction of sp³-hybridized carbons (Fsp3) is 0.259. The van der Waals surface area contributed by atoms with Crippen molar-refractivity contribution in [3.63, 3.8) is 0 Å². The Kier molecular flexibility index (Phi) is 6.82. The van der Waals surface area contributed by atoms with E-state index in [4.69, 9.17) is 0 Å². The summed E-state index contributed by atoms with van der Waals surface area (Å²) in [5, 5.41) is 2.87. The van der Waals surface area contributed by atoms with Crippen LogP contribution in [0.2, 0.25) is 0 Å². The van der Waals surface area contributed by atoms with Gasteiger partial charge in [-0.25, -0.2) is 0 Å². The van der Waals surface area contributed by atoms with Crippen molar-refractivity contribution < 1.29 is 22.8 Å². The molecule has 35 heavy (non-hydrogen) atoms. The van der Waals surface area contributed by atoms with E-state index < -0.39 is 11.7 Å². The molecule has 1 fully saturated rings. The molecule has 1 aliphatic heterocycles. The molecule has 1 heterocycles. The first kappa shape index (κ1) is 24.3. The molecule has 0 bridgehead atoms. The van der Waals surface area contributed by atoms with Gasteiger partial charge in [0.1, 0.15) is 0 Å². The van der Waals surface area contributed by atoms with E-state index in [0.717, 1.165) is 42.9 Å². The molecule has 0 aromatic heterocycles. The summed E-state index contributed by atoms with van der Waals surface area (Å²) in [6, 6.07) is 19.4. The number of likely N-dealkylation sites (N-methyl/N-ethyl adjacent to an activating group) is 1. The molecule has 2 amide bonds. The molecular weight excluding hydrogens is 455 g/mol. The molecule has 3 aromatic carbocycles. The van der Waals surface area contributed by atoms with Crippen LogP contribution in [0.5, 0.6) is 0 Å². The molecular formula is C27H26F3N3O2. The summed E-state index contributed by atoms with van der Waals surface area (Å²) in [6.07, 6.45) is -3.46. The third kappa shape index (κ3) is 5.65. The largest absolute Gasteiger partial charge is 0.416 e. The smallest absolute Gasteiger partial charge is 0.369 e. The molecule has 5 nitrogen and oxygen atoms in total. The Bertz CT molecular complexity index is 1190. The molecule has 0 radical (unpaired) electrons. The highest BCUT2D eigenvalue weighted by atomic mass is 19.4. The van der Waals surface area contributed by atoms with Gasteiger partial charge in [0.05, 0.1) is 11.6 Å². The lowest BCUT2D eigenvalue weighted by Gasteiger charge is -2.24. The molecule has 0 spiro atoms. The zero-order valence-electron chi connectivity index (χ0n) is 19.5. The summed E-state index contributed by atoms with van der Waals surface area (Å²) in [5.74, 6) is -0.219. The SMILES string of the molecule is CC(=O)N(C)C1CCN(c2ccc(NC(=O)c3ccc(-c4ccc(C(F)(F)F)cc4)cc3)cc2)C1.